The molecule has 1 atom stereocenters. The van der Waals surface area contributed by atoms with Crippen LogP contribution in [0.3, 0.4) is 0 Å². The monoisotopic (exact) mass is 414 g/mol. The highest BCUT2D eigenvalue weighted by Crippen LogP contribution is 2.38. The predicted molar refractivity (Wildman–Crippen MR) is 115 cm³/mol. The van der Waals surface area contributed by atoms with Gasteiger partial charge in [0, 0.05) is 12.1 Å². The number of ether oxygens (including phenoxy) is 3. The second-order valence-electron chi connectivity index (χ2n) is 7.31. The molecule has 2 aromatic rings. The molecule has 30 heavy (non-hydrogen) atoms. The fourth-order valence-electron chi connectivity index (χ4n) is 2.98. The molecule has 2 N–H and O–H groups in total. The van der Waals surface area contributed by atoms with Gasteiger partial charge in [0.15, 0.2) is 11.5 Å². The molecule has 2 amide bonds. The third kappa shape index (κ3) is 5.65. The van der Waals surface area contributed by atoms with E-state index in [-0.39, 0.29) is 11.8 Å². The lowest BCUT2D eigenvalue weighted by Gasteiger charge is -2.22. The van der Waals surface area contributed by atoms with Crippen LogP contribution in [0.5, 0.6) is 17.2 Å². The largest absolute Gasteiger partial charge is 0.493 e. The van der Waals surface area contributed by atoms with E-state index in [9.17, 15) is 9.59 Å². The van der Waals surface area contributed by atoms with E-state index < -0.39 is 11.9 Å². The summed E-state index contributed by atoms with van der Waals surface area (Å²) in [7, 11) is 4.45. The fourth-order valence-corrected chi connectivity index (χ4v) is 2.98. The van der Waals surface area contributed by atoms with Gasteiger partial charge in [-0.25, -0.2) is 0 Å². The lowest BCUT2D eigenvalue weighted by Crippen LogP contribution is -2.49. The molecule has 2 rings (SSSR count). The van der Waals surface area contributed by atoms with Crippen LogP contribution in [0.4, 0.5) is 0 Å². The topological polar surface area (TPSA) is 85.9 Å². The number of aryl methyl sites for hydroxylation is 1. The van der Waals surface area contributed by atoms with E-state index in [1.807, 2.05) is 45.0 Å². The number of amides is 2. The van der Waals surface area contributed by atoms with Crippen molar-refractivity contribution in [1.82, 2.24) is 10.6 Å². The van der Waals surface area contributed by atoms with Gasteiger partial charge in [-0.1, -0.05) is 43.7 Å². The van der Waals surface area contributed by atoms with Crippen molar-refractivity contribution in [3.8, 4) is 17.2 Å². The van der Waals surface area contributed by atoms with E-state index in [2.05, 4.69) is 10.6 Å². The third-order valence-electron chi connectivity index (χ3n) is 4.75. The molecule has 7 heteroatoms. The summed E-state index contributed by atoms with van der Waals surface area (Å²) < 4.78 is 15.9. The molecule has 1 unspecified atom stereocenters. The average molecular weight is 415 g/mol. The van der Waals surface area contributed by atoms with Gasteiger partial charge in [-0.15, -0.1) is 0 Å². The highest BCUT2D eigenvalue weighted by molar-refractivity contribution is 5.98. The smallest absolute Gasteiger partial charge is 0.252 e. The predicted octanol–water partition coefficient (Wildman–Crippen LogP) is 3.09. The van der Waals surface area contributed by atoms with Crippen molar-refractivity contribution in [3.05, 3.63) is 53.1 Å². The van der Waals surface area contributed by atoms with Gasteiger partial charge in [0.1, 0.15) is 6.04 Å². The van der Waals surface area contributed by atoms with Crippen LogP contribution < -0.4 is 24.8 Å². The molecule has 2 aromatic carbocycles. The Bertz CT molecular complexity index is 853. The molecule has 0 radical (unpaired) electrons. The van der Waals surface area contributed by atoms with Crippen molar-refractivity contribution in [1.29, 1.82) is 0 Å². The van der Waals surface area contributed by atoms with Gasteiger partial charge in [0.2, 0.25) is 11.7 Å². The van der Waals surface area contributed by atoms with E-state index in [0.29, 0.717) is 29.4 Å². The number of hydrogen-bond acceptors (Lipinski definition) is 5. The van der Waals surface area contributed by atoms with Crippen LogP contribution in [-0.2, 0) is 11.3 Å². The summed E-state index contributed by atoms with van der Waals surface area (Å²) in [6.45, 7) is 6.16. The summed E-state index contributed by atoms with van der Waals surface area (Å²) in [6.07, 6.45) is 0. The molecular weight excluding hydrogens is 384 g/mol. The zero-order chi connectivity index (χ0) is 22.3. The van der Waals surface area contributed by atoms with Crippen LogP contribution in [0.25, 0.3) is 0 Å². The molecule has 0 aliphatic carbocycles. The molecule has 0 aliphatic rings. The molecule has 0 saturated heterocycles. The first-order valence-electron chi connectivity index (χ1n) is 9.74. The summed E-state index contributed by atoms with van der Waals surface area (Å²) in [5.41, 5.74) is 2.46. The van der Waals surface area contributed by atoms with Crippen LogP contribution in [0.15, 0.2) is 36.4 Å². The van der Waals surface area contributed by atoms with Crippen molar-refractivity contribution in [2.45, 2.75) is 33.4 Å². The Kier molecular flexibility index (Phi) is 8.09. The maximum atomic E-state index is 12.9. The molecule has 0 bridgehead atoms. The van der Waals surface area contributed by atoms with Crippen LogP contribution in [0.2, 0.25) is 0 Å². The van der Waals surface area contributed by atoms with Crippen molar-refractivity contribution < 1.29 is 23.8 Å². The summed E-state index contributed by atoms with van der Waals surface area (Å²) in [6, 6.07) is 10.3. The lowest BCUT2D eigenvalue weighted by molar-refractivity contribution is -0.124. The molecule has 0 aromatic heterocycles. The summed E-state index contributed by atoms with van der Waals surface area (Å²) in [5.74, 6) is 0.380. The summed E-state index contributed by atoms with van der Waals surface area (Å²) in [4.78, 5) is 25.6. The maximum absolute atomic E-state index is 12.9. The SMILES string of the molecule is COc1cc(C(=O)NC(C(=O)NCc2ccc(C)cc2)C(C)C)cc(OC)c1OC. The zero-order valence-electron chi connectivity index (χ0n) is 18.4. The summed E-state index contributed by atoms with van der Waals surface area (Å²) in [5, 5.41) is 5.71. The zero-order valence-corrected chi connectivity index (χ0v) is 18.4. The van der Waals surface area contributed by atoms with E-state index in [1.54, 1.807) is 12.1 Å². The molecular formula is C23H30N2O5. The number of nitrogens with one attached hydrogen (secondary N) is 2. The Morgan fingerprint density at radius 3 is 1.97 bits per heavy atom. The number of carbonyl (C=O) groups is 2. The van der Waals surface area contributed by atoms with Crippen LogP contribution in [0, 0.1) is 12.8 Å². The Morgan fingerprint density at radius 1 is 0.933 bits per heavy atom. The van der Waals surface area contributed by atoms with Crippen molar-refractivity contribution in [2.24, 2.45) is 5.92 Å². The average Bonchev–Trinajstić information content (AvgIpc) is 2.75. The van der Waals surface area contributed by atoms with Crippen molar-refractivity contribution in [2.75, 3.05) is 21.3 Å². The van der Waals surface area contributed by atoms with Crippen molar-refractivity contribution in [3.63, 3.8) is 0 Å². The Morgan fingerprint density at radius 2 is 1.50 bits per heavy atom. The minimum Gasteiger partial charge on any atom is -0.493 e. The third-order valence-corrected chi connectivity index (χ3v) is 4.75. The van der Waals surface area contributed by atoms with Crippen molar-refractivity contribution >= 4 is 11.8 Å². The molecule has 0 spiro atoms. The highest BCUT2D eigenvalue weighted by Gasteiger charge is 2.26. The second kappa shape index (κ2) is 10.5. The first-order valence-corrected chi connectivity index (χ1v) is 9.74. The van der Waals surface area contributed by atoms with Gasteiger partial charge in [-0.05, 0) is 30.5 Å². The molecule has 0 aliphatic heterocycles. The molecule has 162 valence electrons. The van der Waals surface area contributed by atoms with Gasteiger partial charge in [0.05, 0.1) is 21.3 Å². The first-order chi connectivity index (χ1) is 14.3. The highest BCUT2D eigenvalue weighted by atomic mass is 16.5. The van der Waals surface area contributed by atoms with E-state index in [1.165, 1.54) is 21.3 Å². The van der Waals surface area contributed by atoms with E-state index in [0.717, 1.165) is 11.1 Å². The lowest BCUT2D eigenvalue weighted by atomic mass is 10.0. The number of methoxy groups -OCH3 is 3. The normalized spacial score (nSPS) is 11.6. The number of carbonyl (C=O) groups excluding carboxylic acids is 2. The van der Waals surface area contributed by atoms with Crippen LogP contribution in [0.1, 0.15) is 35.3 Å². The number of rotatable bonds is 9. The van der Waals surface area contributed by atoms with Gasteiger partial charge in [0.25, 0.3) is 5.91 Å². The van der Waals surface area contributed by atoms with Gasteiger partial charge in [-0.2, -0.15) is 0 Å². The van der Waals surface area contributed by atoms with Gasteiger partial charge in [-0.3, -0.25) is 9.59 Å². The number of benzene rings is 2. The molecule has 7 nitrogen and oxygen atoms in total. The fraction of sp³-hybridized carbons (Fsp3) is 0.391. The second-order valence-corrected chi connectivity index (χ2v) is 7.31. The van der Waals surface area contributed by atoms with Gasteiger partial charge < -0.3 is 24.8 Å². The van der Waals surface area contributed by atoms with E-state index >= 15 is 0 Å². The Labute approximate surface area is 177 Å². The van der Waals surface area contributed by atoms with Gasteiger partial charge >= 0.3 is 0 Å². The molecule has 0 fully saturated rings. The van der Waals surface area contributed by atoms with Crippen LogP contribution in [-0.4, -0.2) is 39.2 Å². The number of hydrogen-bond donors (Lipinski definition) is 2. The Balaban J connectivity index is 2.14. The quantitative estimate of drug-likeness (QED) is 0.659. The minimum absolute atomic E-state index is 0.103. The molecule has 0 heterocycles. The maximum Gasteiger partial charge on any atom is 0.252 e. The summed E-state index contributed by atoms with van der Waals surface area (Å²) >= 11 is 0. The van der Waals surface area contributed by atoms with Crippen LogP contribution >= 0.6 is 0 Å². The first kappa shape index (κ1) is 23.1. The molecule has 0 saturated carbocycles. The minimum atomic E-state index is -0.693. The standard InChI is InChI=1S/C23H30N2O5/c1-14(2)20(23(27)24-13-16-9-7-15(3)8-10-16)25-22(26)17-11-18(28-4)21(30-6)19(12-17)29-5/h7-12,14,20H,13H2,1-6H3,(H,24,27)(H,25,26). The van der Waals surface area contributed by atoms with E-state index in [4.69, 9.17) is 14.2 Å². The Hall–Kier alpha value is -3.22.